The minimum atomic E-state index is 0.285. The summed E-state index contributed by atoms with van der Waals surface area (Å²) >= 11 is 0. The number of carbonyl (C=O) groups is 1. The molecule has 0 N–H and O–H groups in total. The summed E-state index contributed by atoms with van der Waals surface area (Å²) in [6, 6.07) is 19.2. The minimum absolute atomic E-state index is 0.285. The highest BCUT2D eigenvalue weighted by Crippen LogP contribution is 2.25. The Morgan fingerprint density at radius 2 is 1.80 bits per heavy atom. The molecule has 1 aromatic heterocycles. The van der Waals surface area contributed by atoms with E-state index in [-0.39, 0.29) is 5.91 Å². The van der Waals surface area contributed by atoms with E-state index in [1.54, 1.807) is 0 Å². The number of aryl methyl sites for hydroxylation is 2. The molecule has 3 heteroatoms. The van der Waals surface area contributed by atoms with Crippen molar-refractivity contribution in [1.29, 1.82) is 0 Å². The Morgan fingerprint density at radius 3 is 2.57 bits per heavy atom. The number of fused-ring (bicyclic) bond motifs is 1. The lowest BCUT2D eigenvalue weighted by Crippen LogP contribution is -2.34. The molecule has 0 radical (unpaired) electrons. The van der Waals surface area contributed by atoms with Crippen LogP contribution in [0.15, 0.2) is 66.9 Å². The van der Waals surface area contributed by atoms with Gasteiger partial charge in [0.2, 0.25) is 5.91 Å². The van der Waals surface area contributed by atoms with E-state index in [9.17, 15) is 4.79 Å². The fourth-order valence-corrected chi connectivity index (χ4v) is 4.43. The average Bonchev–Trinajstić information content (AvgIpc) is 3.16. The summed E-state index contributed by atoms with van der Waals surface area (Å²) in [6.45, 7) is 4.87. The van der Waals surface area contributed by atoms with Gasteiger partial charge >= 0.3 is 0 Å². The summed E-state index contributed by atoms with van der Waals surface area (Å²) in [4.78, 5) is 14.7. The van der Waals surface area contributed by atoms with E-state index < -0.39 is 0 Å². The quantitative estimate of drug-likeness (QED) is 0.450. The zero-order valence-electron chi connectivity index (χ0n) is 18.0. The Hall–Kier alpha value is -2.81. The fourth-order valence-electron chi connectivity index (χ4n) is 4.43. The van der Waals surface area contributed by atoms with Gasteiger partial charge < -0.3 is 9.47 Å². The molecular weight excluding hydrogens is 368 g/mol. The van der Waals surface area contributed by atoms with Crippen molar-refractivity contribution < 1.29 is 4.79 Å². The largest absolute Gasteiger partial charge is 0.347 e. The van der Waals surface area contributed by atoms with Gasteiger partial charge in [0.25, 0.3) is 0 Å². The molecule has 0 bridgehead atoms. The predicted molar refractivity (Wildman–Crippen MR) is 125 cm³/mol. The minimum Gasteiger partial charge on any atom is -0.347 e. The van der Waals surface area contributed by atoms with Gasteiger partial charge in [0.1, 0.15) is 0 Å². The molecule has 30 heavy (non-hydrogen) atoms. The maximum absolute atomic E-state index is 12.7. The molecule has 0 saturated heterocycles. The van der Waals surface area contributed by atoms with Crippen LogP contribution < -0.4 is 0 Å². The second-order valence-electron chi connectivity index (χ2n) is 8.26. The van der Waals surface area contributed by atoms with Gasteiger partial charge in [-0.05, 0) is 48.4 Å². The number of carbonyl (C=O) groups excluding carboxylic acids is 1. The van der Waals surface area contributed by atoms with Crippen molar-refractivity contribution in [2.75, 3.05) is 13.1 Å². The van der Waals surface area contributed by atoms with Gasteiger partial charge in [0.15, 0.2) is 0 Å². The molecule has 156 valence electrons. The summed E-state index contributed by atoms with van der Waals surface area (Å²) in [7, 11) is 0. The molecule has 0 atom stereocenters. The van der Waals surface area contributed by atoms with Crippen LogP contribution >= 0.6 is 0 Å². The number of rotatable bonds is 8. The lowest BCUT2D eigenvalue weighted by molar-refractivity contribution is -0.130. The number of nitrogens with zero attached hydrogens (tertiary/aromatic N) is 2. The molecule has 2 aromatic carbocycles. The van der Waals surface area contributed by atoms with Crippen molar-refractivity contribution in [2.24, 2.45) is 0 Å². The van der Waals surface area contributed by atoms with Crippen LogP contribution in [0.4, 0.5) is 0 Å². The highest BCUT2D eigenvalue weighted by atomic mass is 16.2. The highest BCUT2D eigenvalue weighted by molar-refractivity contribution is 5.84. The number of hydrogen-bond donors (Lipinski definition) is 0. The van der Waals surface area contributed by atoms with Gasteiger partial charge in [-0.15, -0.1) is 0 Å². The van der Waals surface area contributed by atoms with Crippen LogP contribution in [-0.4, -0.2) is 28.5 Å². The van der Waals surface area contributed by atoms with E-state index in [0.717, 1.165) is 38.9 Å². The summed E-state index contributed by atoms with van der Waals surface area (Å²) in [5, 5.41) is 1.34. The third-order valence-electron chi connectivity index (χ3n) is 6.17. The summed E-state index contributed by atoms with van der Waals surface area (Å²) < 4.78 is 2.39. The van der Waals surface area contributed by atoms with Gasteiger partial charge in [0, 0.05) is 43.2 Å². The highest BCUT2D eigenvalue weighted by Gasteiger charge is 2.18. The fraction of sp³-hybridized carbons (Fsp3) is 0.370. The summed E-state index contributed by atoms with van der Waals surface area (Å²) in [5.41, 5.74) is 5.34. The Bertz CT molecular complexity index is 1020. The normalized spacial score (nSPS) is 14.2. The number of para-hydroxylation sites is 1. The van der Waals surface area contributed by atoms with Crippen LogP contribution in [0.5, 0.6) is 0 Å². The lowest BCUT2D eigenvalue weighted by Gasteiger charge is -2.26. The first-order valence-electron chi connectivity index (χ1n) is 11.3. The van der Waals surface area contributed by atoms with E-state index in [0.29, 0.717) is 6.42 Å². The Kier molecular flexibility index (Phi) is 6.68. The molecule has 1 aliphatic heterocycles. The monoisotopic (exact) mass is 400 g/mol. The molecule has 0 fully saturated rings. The molecular formula is C27H32N2O. The molecule has 3 nitrogen and oxygen atoms in total. The molecule has 0 aliphatic carbocycles. The molecule has 0 saturated carbocycles. The zero-order valence-corrected chi connectivity index (χ0v) is 18.0. The van der Waals surface area contributed by atoms with Crippen LogP contribution in [0.1, 0.15) is 50.2 Å². The SMILES string of the molecule is CCCCn1cc(CCCC(=O)N2CC=C(c3ccccc3)CC2)c2ccccc21. The van der Waals surface area contributed by atoms with E-state index >= 15 is 0 Å². The molecule has 2 heterocycles. The third-order valence-corrected chi connectivity index (χ3v) is 6.17. The first kappa shape index (κ1) is 20.5. The van der Waals surface area contributed by atoms with Gasteiger partial charge in [-0.25, -0.2) is 0 Å². The topological polar surface area (TPSA) is 25.2 Å². The zero-order chi connectivity index (χ0) is 20.8. The first-order chi connectivity index (χ1) is 14.8. The summed E-state index contributed by atoms with van der Waals surface area (Å²) in [6.07, 6.45) is 10.4. The first-order valence-corrected chi connectivity index (χ1v) is 11.3. The average molecular weight is 401 g/mol. The third kappa shape index (κ3) is 4.67. The van der Waals surface area contributed by atoms with Crippen LogP contribution in [0, 0.1) is 0 Å². The molecule has 0 spiro atoms. The second kappa shape index (κ2) is 9.80. The van der Waals surface area contributed by atoms with E-state index in [2.05, 4.69) is 72.3 Å². The van der Waals surface area contributed by atoms with Gasteiger partial charge in [0.05, 0.1) is 0 Å². The van der Waals surface area contributed by atoms with Gasteiger partial charge in [-0.3, -0.25) is 4.79 Å². The van der Waals surface area contributed by atoms with Crippen LogP contribution in [0.25, 0.3) is 16.5 Å². The van der Waals surface area contributed by atoms with Crippen molar-refractivity contribution in [3.63, 3.8) is 0 Å². The maximum Gasteiger partial charge on any atom is 0.222 e. The standard InChI is InChI=1S/C27H32N2O/c1-2-3-18-29-21-24(25-13-7-8-14-26(25)29)12-9-15-27(30)28-19-16-23(17-20-28)22-10-5-4-6-11-22/h4-8,10-11,13-14,16,21H,2-3,9,12,15,17-20H2,1H3. The molecule has 1 amide bonds. The Morgan fingerprint density at radius 1 is 1.00 bits per heavy atom. The van der Waals surface area contributed by atoms with E-state index in [4.69, 9.17) is 0 Å². The van der Waals surface area contributed by atoms with Crippen molar-refractivity contribution in [3.05, 3.63) is 78.0 Å². The lowest BCUT2D eigenvalue weighted by atomic mass is 9.99. The van der Waals surface area contributed by atoms with E-state index in [1.807, 2.05) is 11.0 Å². The Labute approximate surface area is 180 Å². The van der Waals surface area contributed by atoms with Crippen molar-refractivity contribution in [2.45, 2.75) is 52.0 Å². The van der Waals surface area contributed by atoms with Crippen LogP contribution in [-0.2, 0) is 17.8 Å². The summed E-state index contributed by atoms with van der Waals surface area (Å²) in [5.74, 6) is 0.285. The van der Waals surface area contributed by atoms with Crippen molar-refractivity contribution in [3.8, 4) is 0 Å². The van der Waals surface area contributed by atoms with Gasteiger partial charge in [-0.1, -0.05) is 68.0 Å². The van der Waals surface area contributed by atoms with Gasteiger partial charge in [-0.2, -0.15) is 0 Å². The number of unbranched alkanes of at least 4 members (excludes halogenated alkanes) is 1. The van der Waals surface area contributed by atoms with Crippen LogP contribution in [0.3, 0.4) is 0 Å². The van der Waals surface area contributed by atoms with Crippen LogP contribution in [0.2, 0.25) is 0 Å². The molecule has 4 rings (SSSR count). The van der Waals surface area contributed by atoms with Crippen molar-refractivity contribution in [1.82, 2.24) is 9.47 Å². The number of aromatic nitrogens is 1. The molecule has 3 aromatic rings. The number of hydrogen-bond acceptors (Lipinski definition) is 1. The Balaban J connectivity index is 1.33. The number of amides is 1. The molecule has 1 aliphatic rings. The maximum atomic E-state index is 12.7. The smallest absolute Gasteiger partial charge is 0.222 e. The number of benzene rings is 2. The predicted octanol–water partition coefficient (Wildman–Crippen LogP) is 6.08. The van der Waals surface area contributed by atoms with Crippen molar-refractivity contribution >= 4 is 22.4 Å². The molecule has 0 unspecified atom stereocenters. The second-order valence-corrected chi connectivity index (χ2v) is 8.26. The van der Waals surface area contributed by atoms with E-state index in [1.165, 1.54) is 40.4 Å².